The zero-order chi connectivity index (χ0) is 20.6. The summed E-state index contributed by atoms with van der Waals surface area (Å²) in [4.78, 5) is 1.92. The van der Waals surface area contributed by atoms with Gasteiger partial charge in [-0.1, -0.05) is 6.58 Å². The van der Waals surface area contributed by atoms with Crippen LogP contribution in [0.15, 0.2) is 31.0 Å². The fourth-order valence-electron chi connectivity index (χ4n) is 3.56. The highest BCUT2D eigenvalue weighted by atomic mass is 19.1. The second-order valence-electron chi connectivity index (χ2n) is 8.03. The quantitative estimate of drug-likeness (QED) is 0.424. The van der Waals surface area contributed by atoms with Gasteiger partial charge >= 0.3 is 0 Å². The van der Waals surface area contributed by atoms with E-state index in [-0.39, 0.29) is 23.9 Å². The SMILES string of the molecule is C=CNC(=CC(=N)N1CC[C@H](CO)C1)c1n[nH]c2cc(F)c(OC3(C)CC3)cc12. The number of benzene rings is 1. The minimum absolute atomic E-state index is 0.128. The standard InChI is InChI=1S/C21H26FN5O2/c1-3-24-17(10-19(23)27-7-4-13(11-27)12-28)20-14-8-18(29-21(2)5-6-21)15(22)9-16(14)25-26-20/h3,8-10,13,23-24,28H,1,4-7,11-12H2,2H3,(H,25,26)/t13-/m0/s1. The molecule has 29 heavy (non-hydrogen) atoms. The van der Waals surface area contributed by atoms with Crippen molar-refractivity contribution in [3.05, 3.63) is 42.5 Å². The van der Waals surface area contributed by atoms with Crippen LogP contribution < -0.4 is 10.1 Å². The maximum Gasteiger partial charge on any atom is 0.167 e. The normalized spacial score (nSPS) is 20.7. The molecule has 2 fully saturated rings. The Morgan fingerprint density at radius 1 is 1.55 bits per heavy atom. The summed E-state index contributed by atoms with van der Waals surface area (Å²) in [5.41, 5.74) is 1.40. The number of aromatic nitrogens is 2. The van der Waals surface area contributed by atoms with E-state index in [1.165, 1.54) is 12.3 Å². The van der Waals surface area contributed by atoms with Crippen LogP contribution >= 0.6 is 0 Å². The van der Waals surface area contributed by atoms with E-state index in [0.717, 1.165) is 25.8 Å². The molecule has 2 heterocycles. The van der Waals surface area contributed by atoms with Crippen LogP contribution in [-0.2, 0) is 0 Å². The number of nitrogens with one attached hydrogen (secondary N) is 3. The summed E-state index contributed by atoms with van der Waals surface area (Å²) in [5.74, 6) is 0.296. The summed E-state index contributed by atoms with van der Waals surface area (Å²) in [7, 11) is 0. The highest BCUT2D eigenvalue weighted by Gasteiger charge is 2.40. The number of hydrogen-bond donors (Lipinski definition) is 4. The summed E-state index contributed by atoms with van der Waals surface area (Å²) in [6.45, 7) is 7.19. The predicted octanol–water partition coefficient (Wildman–Crippen LogP) is 3.00. The molecule has 1 saturated carbocycles. The molecule has 0 radical (unpaired) electrons. The molecular weight excluding hydrogens is 373 g/mol. The number of rotatable bonds is 7. The third kappa shape index (κ3) is 3.98. The van der Waals surface area contributed by atoms with Crippen LogP contribution in [0.25, 0.3) is 16.6 Å². The predicted molar refractivity (Wildman–Crippen MR) is 110 cm³/mol. The molecule has 8 heteroatoms. The fraction of sp³-hybridized carbons (Fsp3) is 0.429. The van der Waals surface area contributed by atoms with E-state index in [1.807, 2.05) is 11.8 Å². The summed E-state index contributed by atoms with van der Waals surface area (Å²) in [6, 6.07) is 3.04. The van der Waals surface area contributed by atoms with Crippen molar-refractivity contribution < 1.29 is 14.2 Å². The lowest BCUT2D eigenvalue weighted by atomic mass is 10.1. The number of halogens is 1. The molecule has 4 N–H and O–H groups in total. The van der Waals surface area contributed by atoms with Gasteiger partial charge in [0.15, 0.2) is 11.6 Å². The Bertz CT molecular complexity index is 979. The zero-order valence-electron chi connectivity index (χ0n) is 16.5. The maximum absolute atomic E-state index is 14.4. The number of nitrogens with zero attached hydrogens (tertiary/aromatic N) is 2. The van der Waals surface area contributed by atoms with Gasteiger partial charge in [-0.3, -0.25) is 10.5 Å². The first kappa shape index (κ1) is 19.4. The Kier molecular flexibility index (Phi) is 5.04. The van der Waals surface area contributed by atoms with Crippen molar-refractivity contribution >= 4 is 22.4 Å². The largest absolute Gasteiger partial charge is 0.484 e. The zero-order valence-corrected chi connectivity index (χ0v) is 16.5. The number of aliphatic hydroxyl groups excluding tert-OH is 1. The first-order valence-corrected chi connectivity index (χ1v) is 9.83. The molecule has 0 amide bonds. The van der Waals surface area contributed by atoms with E-state index in [0.29, 0.717) is 34.7 Å². The van der Waals surface area contributed by atoms with Crippen molar-refractivity contribution in [2.75, 3.05) is 19.7 Å². The molecule has 1 aromatic heterocycles. The van der Waals surface area contributed by atoms with Crippen molar-refractivity contribution in [1.82, 2.24) is 20.4 Å². The van der Waals surface area contributed by atoms with Gasteiger partial charge in [0, 0.05) is 43.1 Å². The van der Waals surface area contributed by atoms with Gasteiger partial charge in [0.25, 0.3) is 0 Å². The number of hydrogen-bond acceptors (Lipinski definition) is 5. The van der Waals surface area contributed by atoms with Crippen molar-refractivity contribution in [2.24, 2.45) is 5.92 Å². The molecular formula is C21H26FN5O2. The van der Waals surface area contributed by atoms with E-state index >= 15 is 0 Å². The average molecular weight is 399 g/mol. The van der Waals surface area contributed by atoms with Gasteiger partial charge in [-0.05, 0) is 38.5 Å². The number of likely N-dealkylation sites (tertiary alicyclic amines) is 1. The van der Waals surface area contributed by atoms with E-state index in [2.05, 4.69) is 22.1 Å². The maximum atomic E-state index is 14.4. The average Bonchev–Trinajstić information content (AvgIpc) is 3.10. The third-order valence-electron chi connectivity index (χ3n) is 5.60. The molecule has 1 aliphatic carbocycles. The smallest absolute Gasteiger partial charge is 0.167 e. The molecule has 0 spiro atoms. The molecule has 1 saturated heterocycles. The number of H-pyrrole nitrogens is 1. The van der Waals surface area contributed by atoms with Crippen LogP contribution in [0.5, 0.6) is 5.75 Å². The Morgan fingerprint density at radius 3 is 3.00 bits per heavy atom. The Morgan fingerprint density at radius 2 is 2.34 bits per heavy atom. The summed E-state index contributed by atoms with van der Waals surface area (Å²) >= 11 is 0. The van der Waals surface area contributed by atoms with E-state index < -0.39 is 5.82 Å². The molecule has 4 rings (SSSR count). The van der Waals surface area contributed by atoms with Gasteiger partial charge in [0.2, 0.25) is 0 Å². The molecule has 0 unspecified atom stereocenters. The molecule has 7 nitrogen and oxygen atoms in total. The van der Waals surface area contributed by atoms with Crippen LogP contribution in [0, 0.1) is 17.1 Å². The number of fused-ring (bicyclic) bond motifs is 1. The Balaban J connectivity index is 1.67. The first-order chi connectivity index (χ1) is 13.9. The highest BCUT2D eigenvalue weighted by molar-refractivity contribution is 6.00. The number of aliphatic hydroxyl groups is 1. The highest BCUT2D eigenvalue weighted by Crippen LogP contribution is 2.41. The number of aromatic amines is 1. The number of ether oxygens (including phenoxy) is 1. The van der Waals surface area contributed by atoms with Gasteiger partial charge in [-0.2, -0.15) is 5.10 Å². The Hall–Kier alpha value is -2.87. The third-order valence-corrected chi connectivity index (χ3v) is 5.60. The summed E-state index contributed by atoms with van der Waals surface area (Å²) < 4.78 is 20.3. The lowest BCUT2D eigenvalue weighted by molar-refractivity contribution is 0.191. The van der Waals surface area contributed by atoms with E-state index in [1.54, 1.807) is 12.1 Å². The lowest BCUT2D eigenvalue weighted by Gasteiger charge is -2.18. The molecule has 1 aromatic carbocycles. The van der Waals surface area contributed by atoms with Crippen LogP contribution in [0.3, 0.4) is 0 Å². The second kappa shape index (κ2) is 7.51. The van der Waals surface area contributed by atoms with Crippen molar-refractivity contribution in [2.45, 2.75) is 31.8 Å². The minimum atomic E-state index is -0.428. The van der Waals surface area contributed by atoms with Gasteiger partial charge < -0.3 is 20.1 Å². The van der Waals surface area contributed by atoms with Crippen LogP contribution in [-0.4, -0.2) is 51.3 Å². The Labute approximate surface area is 168 Å². The molecule has 1 atom stereocenters. The van der Waals surface area contributed by atoms with E-state index in [4.69, 9.17) is 10.1 Å². The van der Waals surface area contributed by atoms with Gasteiger partial charge in [-0.15, -0.1) is 0 Å². The van der Waals surface area contributed by atoms with Crippen LogP contribution in [0.2, 0.25) is 0 Å². The van der Waals surface area contributed by atoms with Crippen molar-refractivity contribution in [1.29, 1.82) is 5.41 Å². The number of amidine groups is 1. The van der Waals surface area contributed by atoms with Gasteiger partial charge in [0.1, 0.15) is 17.1 Å². The molecule has 1 aliphatic heterocycles. The van der Waals surface area contributed by atoms with Crippen LogP contribution in [0.1, 0.15) is 31.9 Å². The first-order valence-electron chi connectivity index (χ1n) is 9.83. The second-order valence-corrected chi connectivity index (χ2v) is 8.03. The molecule has 2 aliphatic rings. The lowest BCUT2D eigenvalue weighted by Crippen LogP contribution is -2.27. The molecule has 154 valence electrons. The van der Waals surface area contributed by atoms with E-state index in [9.17, 15) is 9.50 Å². The molecule has 2 aromatic rings. The summed E-state index contributed by atoms with van der Waals surface area (Å²) in [5, 5.41) is 28.7. The molecule has 0 bridgehead atoms. The summed E-state index contributed by atoms with van der Waals surface area (Å²) in [6.07, 6.45) is 5.89. The van der Waals surface area contributed by atoms with Crippen LogP contribution in [0.4, 0.5) is 4.39 Å². The fourth-order valence-corrected chi connectivity index (χ4v) is 3.56. The van der Waals surface area contributed by atoms with Gasteiger partial charge in [-0.25, -0.2) is 4.39 Å². The minimum Gasteiger partial charge on any atom is -0.484 e. The van der Waals surface area contributed by atoms with Crippen molar-refractivity contribution in [3.63, 3.8) is 0 Å². The topological polar surface area (TPSA) is 97.3 Å². The van der Waals surface area contributed by atoms with Crippen molar-refractivity contribution in [3.8, 4) is 5.75 Å². The van der Waals surface area contributed by atoms with Gasteiger partial charge in [0.05, 0.1) is 11.2 Å². The monoisotopic (exact) mass is 399 g/mol.